The van der Waals surface area contributed by atoms with Crippen LogP contribution in [0.4, 0.5) is 16.2 Å². The third kappa shape index (κ3) is 3.64. The first-order valence-corrected chi connectivity index (χ1v) is 8.59. The lowest BCUT2D eigenvalue weighted by atomic mass is 10.1. The molecule has 6 nitrogen and oxygen atoms in total. The van der Waals surface area contributed by atoms with E-state index >= 15 is 0 Å². The van der Waals surface area contributed by atoms with Gasteiger partial charge in [-0.2, -0.15) is 0 Å². The van der Waals surface area contributed by atoms with Crippen LogP contribution in [0.5, 0.6) is 5.75 Å². The number of carbonyl (C=O) groups is 2. The lowest BCUT2D eigenvalue weighted by Crippen LogP contribution is -2.58. The average Bonchev–Trinajstić information content (AvgIpc) is 2.66. The molecule has 2 aromatic carbocycles. The SMILES string of the molecule is COc1ccc(N2CCN(C(=O)Nc3ccc(C)cc3)[C@@H](C)C2=O)cc1. The maximum atomic E-state index is 12.8. The molecule has 0 bridgehead atoms. The van der Waals surface area contributed by atoms with Crippen molar-refractivity contribution in [3.63, 3.8) is 0 Å². The van der Waals surface area contributed by atoms with E-state index < -0.39 is 6.04 Å². The van der Waals surface area contributed by atoms with Crippen molar-refractivity contribution in [3.8, 4) is 5.75 Å². The molecule has 0 spiro atoms. The number of piperazine rings is 1. The van der Waals surface area contributed by atoms with Crippen LogP contribution in [0.3, 0.4) is 0 Å². The number of carbonyl (C=O) groups excluding carboxylic acids is 2. The van der Waals surface area contributed by atoms with Crippen LogP contribution in [0.2, 0.25) is 0 Å². The second kappa shape index (κ2) is 7.47. The van der Waals surface area contributed by atoms with Crippen molar-refractivity contribution < 1.29 is 14.3 Å². The Bertz CT molecular complexity index is 787. The zero-order valence-electron chi connectivity index (χ0n) is 15.2. The summed E-state index contributed by atoms with van der Waals surface area (Å²) in [7, 11) is 1.60. The van der Waals surface area contributed by atoms with Gasteiger partial charge in [0.2, 0.25) is 5.91 Å². The highest BCUT2D eigenvalue weighted by Gasteiger charge is 2.35. The first-order chi connectivity index (χ1) is 12.5. The van der Waals surface area contributed by atoms with Crippen LogP contribution in [0.25, 0.3) is 0 Å². The molecule has 26 heavy (non-hydrogen) atoms. The van der Waals surface area contributed by atoms with Crippen molar-refractivity contribution in [2.24, 2.45) is 0 Å². The number of amides is 3. The molecule has 3 rings (SSSR count). The summed E-state index contributed by atoms with van der Waals surface area (Å²) in [5, 5.41) is 2.86. The molecule has 1 atom stereocenters. The number of rotatable bonds is 3. The summed E-state index contributed by atoms with van der Waals surface area (Å²) in [6.45, 7) is 4.67. The van der Waals surface area contributed by atoms with E-state index in [-0.39, 0.29) is 11.9 Å². The minimum atomic E-state index is -0.531. The Hall–Kier alpha value is -3.02. The maximum Gasteiger partial charge on any atom is 0.322 e. The average molecular weight is 353 g/mol. The molecular weight excluding hydrogens is 330 g/mol. The number of nitrogens with zero attached hydrogens (tertiary/aromatic N) is 2. The zero-order valence-corrected chi connectivity index (χ0v) is 15.2. The van der Waals surface area contributed by atoms with Crippen molar-refractivity contribution in [2.75, 3.05) is 30.4 Å². The van der Waals surface area contributed by atoms with Gasteiger partial charge in [0.15, 0.2) is 0 Å². The Morgan fingerprint density at radius 3 is 2.35 bits per heavy atom. The molecule has 0 unspecified atom stereocenters. The van der Waals surface area contributed by atoms with E-state index in [1.807, 2.05) is 55.5 Å². The number of aryl methyl sites for hydroxylation is 1. The molecule has 0 saturated carbocycles. The Labute approximate surface area is 153 Å². The summed E-state index contributed by atoms with van der Waals surface area (Å²) < 4.78 is 5.15. The van der Waals surface area contributed by atoms with Crippen LogP contribution in [0.1, 0.15) is 12.5 Å². The quantitative estimate of drug-likeness (QED) is 0.921. The van der Waals surface area contributed by atoms with E-state index in [1.165, 1.54) is 0 Å². The van der Waals surface area contributed by atoms with E-state index in [1.54, 1.807) is 23.8 Å². The van der Waals surface area contributed by atoms with Gasteiger partial charge < -0.3 is 19.9 Å². The summed E-state index contributed by atoms with van der Waals surface area (Å²) in [5.74, 6) is 0.644. The molecule has 6 heteroatoms. The maximum absolute atomic E-state index is 12.8. The van der Waals surface area contributed by atoms with Crippen LogP contribution in [-0.2, 0) is 4.79 Å². The minimum Gasteiger partial charge on any atom is -0.497 e. The number of hydrogen-bond donors (Lipinski definition) is 1. The van der Waals surface area contributed by atoms with Crippen molar-refractivity contribution in [3.05, 3.63) is 54.1 Å². The van der Waals surface area contributed by atoms with Gasteiger partial charge in [-0.25, -0.2) is 4.79 Å². The van der Waals surface area contributed by atoms with Crippen LogP contribution in [-0.4, -0.2) is 43.1 Å². The van der Waals surface area contributed by atoms with Crippen molar-refractivity contribution >= 4 is 23.3 Å². The topological polar surface area (TPSA) is 61.9 Å². The van der Waals surface area contributed by atoms with Gasteiger partial charge in [-0.3, -0.25) is 4.79 Å². The third-order valence-electron chi connectivity index (χ3n) is 4.60. The lowest BCUT2D eigenvalue weighted by molar-refractivity contribution is -0.123. The number of ether oxygens (including phenoxy) is 1. The van der Waals surface area contributed by atoms with Gasteiger partial charge in [-0.05, 0) is 50.2 Å². The van der Waals surface area contributed by atoms with Crippen LogP contribution >= 0.6 is 0 Å². The molecule has 0 radical (unpaired) electrons. The molecule has 1 aliphatic heterocycles. The Morgan fingerprint density at radius 2 is 1.73 bits per heavy atom. The van der Waals surface area contributed by atoms with Crippen LogP contribution < -0.4 is 15.0 Å². The summed E-state index contributed by atoms with van der Waals surface area (Å²) in [5.41, 5.74) is 2.65. The summed E-state index contributed by atoms with van der Waals surface area (Å²) in [4.78, 5) is 28.6. The van der Waals surface area contributed by atoms with Gasteiger partial charge in [0.05, 0.1) is 7.11 Å². The van der Waals surface area contributed by atoms with Gasteiger partial charge in [-0.1, -0.05) is 17.7 Å². The number of hydrogen-bond acceptors (Lipinski definition) is 3. The Morgan fingerprint density at radius 1 is 1.08 bits per heavy atom. The van der Waals surface area contributed by atoms with Gasteiger partial charge >= 0.3 is 6.03 Å². The molecular formula is C20H23N3O3. The lowest BCUT2D eigenvalue weighted by Gasteiger charge is -2.39. The van der Waals surface area contributed by atoms with E-state index in [9.17, 15) is 9.59 Å². The van der Waals surface area contributed by atoms with Gasteiger partial charge in [0, 0.05) is 24.5 Å². The van der Waals surface area contributed by atoms with Crippen molar-refractivity contribution in [1.29, 1.82) is 0 Å². The normalized spacial score (nSPS) is 17.2. The standard InChI is InChI=1S/C20H23N3O3/c1-14-4-6-16(7-5-14)21-20(25)22-12-13-23(19(24)15(22)2)17-8-10-18(26-3)11-9-17/h4-11,15H,12-13H2,1-3H3,(H,21,25)/t15-/m0/s1. The van der Waals surface area contributed by atoms with Crippen molar-refractivity contribution in [1.82, 2.24) is 4.90 Å². The second-order valence-electron chi connectivity index (χ2n) is 6.35. The third-order valence-corrected chi connectivity index (χ3v) is 4.60. The molecule has 1 heterocycles. The molecule has 1 aliphatic rings. The first kappa shape index (κ1) is 17.8. The number of urea groups is 1. The number of benzene rings is 2. The van der Waals surface area contributed by atoms with E-state index in [4.69, 9.17) is 4.74 Å². The van der Waals surface area contributed by atoms with E-state index in [0.29, 0.717) is 13.1 Å². The predicted octanol–water partition coefficient (Wildman–Crippen LogP) is 3.27. The fourth-order valence-electron chi connectivity index (χ4n) is 3.00. The highest BCUT2D eigenvalue weighted by Crippen LogP contribution is 2.23. The minimum absolute atomic E-state index is 0.0968. The Kier molecular flexibility index (Phi) is 5.11. The molecule has 0 aromatic heterocycles. The molecule has 0 aliphatic carbocycles. The fraction of sp³-hybridized carbons (Fsp3) is 0.300. The number of anilines is 2. The molecule has 1 saturated heterocycles. The fourth-order valence-corrected chi connectivity index (χ4v) is 3.00. The number of methoxy groups -OCH3 is 1. The monoisotopic (exact) mass is 353 g/mol. The molecule has 1 N–H and O–H groups in total. The number of nitrogens with one attached hydrogen (secondary N) is 1. The van der Waals surface area contributed by atoms with Crippen LogP contribution in [0.15, 0.2) is 48.5 Å². The van der Waals surface area contributed by atoms with Gasteiger partial charge in [0.1, 0.15) is 11.8 Å². The Balaban J connectivity index is 1.68. The highest BCUT2D eigenvalue weighted by molar-refractivity contribution is 6.01. The van der Waals surface area contributed by atoms with Crippen molar-refractivity contribution in [2.45, 2.75) is 19.9 Å². The molecule has 2 aromatic rings. The molecule has 3 amide bonds. The highest BCUT2D eigenvalue weighted by atomic mass is 16.5. The molecule has 1 fully saturated rings. The largest absolute Gasteiger partial charge is 0.497 e. The predicted molar refractivity (Wildman–Crippen MR) is 102 cm³/mol. The first-order valence-electron chi connectivity index (χ1n) is 8.59. The summed E-state index contributed by atoms with van der Waals surface area (Å²) in [6, 6.07) is 14.1. The van der Waals surface area contributed by atoms with Gasteiger partial charge in [0.25, 0.3) is 0 Å². The second-order valence-corrected chi connectivity index (χ2v) is 6.35. The van der Waals surface area contributed by atoms with E-state index in [2.05, 4.69) is 5.32 Å². The summed E-state index contributed by atoms with van der Waals surface area (Å²) in [6.07, 6.45) is 0. The zero-order chi connectivity index (χ0) is 18.7. The molecule has 136 valence electrons. The van der Waals surface area contributed by atoms with Gasteiger partial charge in [-0.15, -0.1) is 0 Å². The smallest absolute Gasteiger partial charge is 0.322 e. The van der Waals surface area contributed by atoms with Crippen LogP contribution in [0, 0.1) is 6.92 Å². The summed E-state index contributed by atoms with van der Waals surface area (Å²) >= 11 is 0. The van der Waals surface area contributed by atoms with E-state index in [0.717, 1.165) is 22.7 Å².